The fourth-order valence-electron chi connectivity index (χ4n) is 2.70. The molecule has 0 amide bonds. The molecule has 0 radical (unpaired) electrons. The molecule has 4 nitrogen and oxygen atoms in total. The number of hydrogen-bond acceptors (Lipinski definition) is 3. The van der Waals surface area contributed by atoms with Crippen LogP contribution in [0.15, 0.2) is 18.3 Å². The van der Waals surface area contributed by atoms with Crippen LogP contribution in [-0.4, -0.2) is 40.6 Å². The minimum atomic E-state index is 0.558. The van der Waals surface area contributed by atoms with Crippen molar-refractivity contribution in [3.8, 4) is 5.88 Å². The second kappa shape index (κ2) is 6.27. The summed E-state index contributed by atoms with van der Waals surface area (Å²) in [6.45, 7) is 10.0. The average molecular weight is 275 g/mol. The van der Waals surface area contributed by atoms with Gasteiger partial charge in [-0.15, -0.1) is 0 Å². The van der Waals surface area contributed by atoms with E-state index in [-0.39, 0.29) is 0 Å². The van der Waals surface area contributed by atoms with Gasteiger partial charge in [0.2, 0.25) is 5.88 Å². The van der Waals surface area contributed by atoms with Gasteiger partial charge in [-0.05, 0) is 45.7 Å². The fourth-order valence-corrected chi connectivity index (χ4v) is 2.70. The van der Waals surface area contributed by atoms with Crippen molar-refractivity contribution in [3.63, 3.8) is 0 Å². The molecule has 0 aliphatic heterocycles. The Kier molecular flexibility index (Phi) is 4.65. The van der Waals surface area contributed by atoms with Crippen molar-refractivity contribution < 1.29 is 4.74 Å². The van der Waals surface area contributed by atoms with Crippen molar-refractivity contribution in [1.82, 2.24) is 14.9 Å². The zero-order valence-electron chi connectivity index (χ0n) is 13.1. The van der Waals surface area contributed by atoms with Gasteiger partial charge >= 0.3 is 0 Å². The number of H-pyrrole nitrogens is 1. The summed E-state index contributed by atoms with van der Waals surface area (Å²) in [5, 5.41) is 0. The van der Waals surface area contributed by atoms with Gasteiger partial charge in [0.15, 0.2) is 0 Å². The maximum atomic E-state index is 5.21. The van der Waals surface area contributed by atoms with Gasteiger partial charge in [-0.3, -0.25) is 4.90 Å². The third-order valence-electron chi connectivity index (χ3n) is 3.75. The lowest BCUT2D eigenvalue weighted by molar-refractivity contribution is 0.177. The van der Waals surface area contributed by atoms with Crippen molar-refractivity contribution in [2.75, 3.05) is 13.7 Å². The molecular weight excluding hydrogens is 250 g/mol. The Labute approximate surface area is 121 Å². The predicted octanol–water partition coefficient (Wildman–Crippen LogP) is 3.23. The molecule has 1 N–H and O–H groups in total. The van der Waals surface area contributed by atoms with E-state index in [2.05, 4.69) is 48.8 Å². The minimum Gasteiger partial charge on any atom is -0.481 e. The SMILES string of the molecule is COc1ccc2[nH]cc(CCN(C(C)C)C(C)C)c2n1. The molecule has 2 heterocycles. The largest absolute Gasteiger partial charge is 0.481 e. The number of nitrogens with one attached hydrogen (secondary N) is 1. The third kappa shape index (κ3) is 3.12. The molecular formula is C16H25N3O. The summed E-state index contributed by atoms with van der Waals surface area (Å²) in [5.41, 5.74) is 3.35. The van der Waals surface area contributed by atoms with Gasteiger partial charge in [-0.25, -0.2) is 4.98 Å². The highest BCUT2D eigenvalue weighted by molar-refractivity contribution is 5.79. The van der Waals surface area contributed by atoms with Crippen LogP contribution in [0.3, 0.4) is 0 Å². The molecule has 0 saturated carbocycles. The molecule has 0 aromatic carbocycles. The highest BCUT2D eigenvalue weighted by Crippen LogP contribution is 2.20. The summed E-state index contributed by atoms with van der Waals surface area (Å²) in [7, 11) is 1.65. The lowest BCUT2D eigenvalue weighted by Crippen LogP contribution is -2.38. The predicted molar refractivity (Wildman–Crippen MR) is 83.3 cm³/mol. The van der Waals surface area contributed by atoms with E-state index in [4.69, 9.17) is 4.74 Å². The molecule has 0 unspecified atom stereocenters. The van der Waals surface area contributed by atoms with Crippen molar-refractivity contribution in [2.45, 2.75) is 46.2 Å². The maximum Gasteiger partial charge on any atom is 0.213 e. The molecule has 0 atom stereocenters. The fraction of sp³-hybridized carbons (Fsp3) is 0.562. The maximum absolute atomic E-state index is 5.21. The van der Waals surface area contributed by atoms with E-state index >= 15 is 0 Å². The van der Waals surface area contributed by atoms with Crippen LogP contribution >= 0.6 is 0 Å². The van der Waals surface area contributed by atoms with E-state index in [1.54, 1.807) is 7.11 Å². The Morgan fingerprint density at radius 2 is 1.90 bits per heavy atom. The topological polar surface area (TPSA) is 41.1 Å². The van der Waals surface area contributed by atoms with Crippen LogP contribution in [0.5, 0.6) is 5.88 Å². The quantitative estimate of drug-likeness (QED) is 0.880. The average Bonchev–Trinajstić information content (AvgIpc) is 2.80. The zero-order chi connectivity index (χ0) is 14.7. The number of aromatic nitrogens is 2. The highest BCUT2D eigenvalue weighted by Gasteiger charge is 2.14. The Balaban J connectivity index is 2.17. The highest BCUT2D eigenvalue weighted by atomic mass is 16.5. The van der Waals surface area contributed by atoms with Gasteiger partial charge in [-0.2, -0.15) is 0 Å². The number of pyridine rings is 1. The first kappa shape index (κ1) is 14.9. The van der Waals surface area contributed by atoms with Crippen LogP contribution < -0.4 is 4.74 Å². The normalized spacial score (nSPS) is 12.0. The van der Waals surface area contributed by atoms with E-state index in [9.17, 15) is 0 Å². The van der Waals surface area contributed by atoms with E-state index in [1.807, 2.05) is 12.1 Å². The molecule has 0 aliphatic carbocycles. The molecule has 2 aromatic rings. The standard InChI is InChI=1S/C16H25N3O/c1-11(2)19(12(3)4)9-8-13-10-17-14-6-7-15(20-5)18-16(13)14/h6-7,10-12,17H,8-9H2,1-5H3. The van der Waals surface area contributed by atoms with Crippen LogP contribution in [0.4, 0.5) is 0 Å². The second-order valence-corrected chi connectivity index (χ2v) is 5.74. The number of ether oxygens (including phenoxy) is 1. The summed E-state index contributed by atoms with van der Waals surface area (Å²) in [6, 6.07) is 5.02. The van der Waals surface area contributed by atoms with Crippen LogP contribution in [0.1, 0.15) is 33.3 Å². The van der Waals surface area contributed by atoms with Gasteiger partial charge in [0.1, 0.15) is 0 Å². The number of aromatic amines is 1. The number of fused-ring (bicyclic) bond motifs is 1. The van der Waals surface area contributed by atoms with Crippen molar-refractivity contribution in [2.24, 2.45) is 0 Å². The molecule has 4 heteroatoms. The molecule has 0 spiro atoms. The molecule has 20 heavy (non-hydrogen) atoms. The van der Waals surface area contributed by atoms with Crippen LogP contribution in [0, 0.1) is 0 Å². The van der Waals surface area contributed by atoms with Crippen molar-refractivity contribution in [1.29, 1.82) is 0 Å². The first-order valence-electron chi connectivity index (χ1n) is 7.29. The van der Waals surface area contributed by atoms with Gasteiger partial charge in [0, 0.05) is 30.9 Å². The summed E-state index contributed by atoms with van der Waals surface area (Å²) < 4.78 is 5.21. The molecule has 0 fully saturated rings. The lowest BCUT2D eigenvalue weighted by Gasteiger charge is -2.30. The summed E-state index contributed by atoms with van der Waals surface area (Å²) in [4.78, 5) is 10.3. The zero-order valence-corrected chi connectivity index (χ0v) is 13.1. The van der Waals surface area contributed by atoms with Crippen LogP contribution in [0.25, 0.3) is 11.0 Å². The lowest BCUT2D eigenvalue weighted by atomic mass is 10.1. The van der Waals surface area contributed by atoms with Crippen molar-refractivity contribution >= 4 is 11.0 Å². The summed E-state index contributed by atoms with van der Waals surface area (Å²) in [6.07, 6.45) is 3.06. The smallest absolute Gasteiger partial charge is 0.213 e. The summed E-state index contributed by atoms with van der Waals surface area (Å²) >= 11 is 0. The molecule has 0 aliphatic rings. The van der Waals surface area contributed by atoms with E-state index in [1.165, 1.54) is 5.56 Å². The van der Waals surface area contributed by atoms with Gasteiger partial charge in [-0.1, -0.05) is 0 Å². The second-order valence-electron chi connectivity index (χ2n) is 5.74. The Hall–Kier alpha value is -1.55. The number of hydrogen-bond donors (Lipinski definition) is 1. The molecule has 0 saturated heterocycles. The van der Waals surface area contributed by atoms with Gasteiger partial charge < -0.3 is 9.72 Å². The van der Waals surface area contributed by atoms with Crippen LogP contribution in [0.2, 0.25) is 0 Å². The molecule has 0 bridgehead atoms. The number of methoxy groups -OCH3 is 1. The molecule has 110 valence electrons. The molecule has 2 rings (SSSR count). The third-order valence-corrected chi connectivity index (χ3v) is 3.75. The number of nitrogens with zero attached hydrogens (tertiary/aromatic N) is 2. The number of rotatable bonds is 6. The first-order chi connectivity index (χ1) is 9.52. The Bertz CT molecular complexity index is 552. The van der Waals surface area contributed by atoms with Gasteiger partial charge in [0.25, 0.3) is 0 Å². The van der Waals surface area contributed by atoms with Gasteiger partial charge in [0.05, 0.1) is 18.1 Å². The van der Waals surface area contributed by atoms with Crippen LogP contribution in [-0.2, 0) is 6.42 Å². The summed E-state index contributed by atoms with van der Waals surface area (Å²) in [5.74, 6) is 0.669. The Morgan fingerprint density at radius 3 is 2.50 bits per heavy atom. The first-order valence-corrected chi connectivity index (χ1v) is 7.29. The minimum absolute atomic E-state index is 0.558. The molecule has 2 aromatic heterocycles. The van der Waals surface area contributed by atoms with E-state index in [0.717, 1.165) is 24.0 Å². The monoisotopic (exact) mass is 275 g/mol. The van der Waals surface area contributed by atoms with E-state index in [0.29, 0.717) is 18.0 Å². The Morgan fingerprint density at radius 1 is 1.20 bits per heavy atom. The van der Waals surface area contributed by atoms with Crippen molar-refractivity contribution in [3.05, 3.63) is 23.9 Å². The van der Waals surface area contributed by atoms with E-state index < -0.39 is 0 Å².